The standard InChI is InChI=1S/C18H27N3O2S/c1-5-7-8-16-9-11-18(12-10-16)24(22,23)20(4)14-17-13-19-21(6-2)15(17)3/h9-13H,5-8,14H2,1-4H3. The maximum Gasteiger partial charge on any atom is 0.243 e. The first-order valence-corrected chi connectivity index (χ1v) is 9.90. The molecule has 1 heterocycles. The average Bonchev–Trinajstić information content (AvgIpc) is 2.93. The zero-order valence-corrected chi connectivity index (χ0v) is 15.8. The van der Waals surface area contributed by atoms with Crippen LogP contribution < -0.4 is 0 Å². The normalized spacial score (nSPS) is 12.0. The molecular weight excluding hydrogens is 322 g/mol. The van der Waals surface area contributed by atoms with Gasteiger partial charge in [-0.1, -0.05) is 25.5 Å². The Hall–Kier alpha value is -1.66. The van der Waals surface area contributed by atoms with E-state index in [1.807, 2.05) is 30.7 Å². The van der Waals surface area contributed by atoms with Gasteiger partial charge in [0.2, 0.25) is 10.0 Å². The van der Waals surface area contributed by atoms with Gasteiger partial charge in [0, 0.05) is 31.4 Å². The summed E-state index contributed by atoms with van der Waals surface area (Å²) in [5.74, 6) is 0. The number of sulfonamides is 1. The lowest BCUT2D eigenvalue weighted by molar-refractivity contribution is 0.465. The highest BCUT2D eigenvalue weighted by atomic mass is 32.2. The van der Waals surface area contributed by atoms with Crippen LogP contribution in [0.2, 0.25) is 0 Å². The van der Waals surface area contributed by atoms with E-state index in [9.17, 15) is 8.42 Å². The molecule has 6 heteroatoms. The van der Waals surface area contributed by atoms with Crippen molar-refractivity contribution in [3.63, 3.8) is 0 Å². The summed E-state index contributed by atoms with van der Waals surface area (Å²) in [6, 6.07) is 7.24. The first kappa shape index (κ1) is 18.7. The van der Waals surface area contributed by atoms with Crippen molar-refractivity contribution in [3.05, 3.63) is 47.3 Å². The Morgan fingerprint density at radius 2 is 1.83 bits per heavy atom. The minimum absolute atomic E-state index is 0.325. The number of aryl methyl sites for hydroxylation is 2. The Labute approximate surface area is 145 Å². The van der Waals surface area contributed by atoms with Crippen LogP contribution in [0.15, 0.2) is 35.4 Å². The second-order valence-corrected chi connectivity index (χ2v) is 8.12. The SMILES string of the molecule is CCCCc1ccc(S(=O)(=O)N(C)Cc2cnn(CC)c2C)cc1. The van der Waals surface area contributed by atoms with E-state index < -0.39 is 10.0 Å². The van der Waals surface area contributed by atoms with E-state index in [-0.39, 0.29) is 0 Å². The minimum Gasteiger partial charge on any atom is -0.270 e. The molecule has 0 unspecified atom stereocenters. The number of unbranched alkanes of at least 4 members (excludes halogenated alkanes) is 1. The van der Waals surface area contributed by atoms with Gasteiger partial charge in [0.05, 0.1) is 11.1 Å². The summed E-state index contributed by atoms with van der Waals surface area (Å²) in [5, 5.41) is 4.28. The Bertz CT molecular complexity index is 764. The highest BCUT2D eigenvalue weighted by Crippen LogP contribution is 2.19. The molecule has 0 radical (unpaired) electrons. The van der Waals surface area contributed by atoms with Crippen LogP contribution in [0.25, 0.3) is 0 Å². The molecule has 2 aromatic rings. The summed E-state index contributed by atoms with van der Waals surface area (Å²) in [7, 11) is -1.88. The van der Waals surface area contributed by atoms with E-state index in [2.05, 4.69) is 12.0 Å². The van der Waals surface area contributed by atoms with Crippen molar-refractivity contribution in [2.45, 2.75) is 58.0 Å². The summed E-state index contributed by atoms with van der Waals surface area (Å²) in [6.07, 6.45) is 4.99. The van der Waals surface area contributed by atoms with Crippen LogP contribution in [-0.2, 0) is 29.5 Å². The second kappa shape index (κ2) is 7.94. The number of nitrogens with zero attached hydrogens (tertiary/aromatic N) is 3. The lowest BCUT2D eigenvalue weighted by atomic mass is 10.1. The van der Waals surface area contributed by atoms with Gasteiger partial charge in [-0.3, -0.25) is 4.68 Å². The van der Waals surface area contributed by atoms with Crippen LogP contribution in [0, 0.1) is 6.92 Å². The zero-order chi connectivity index (χ0) is 17.7. The van der Waals surface area contributed by atoms with E-state index >= 15 is 0 Å². The number of benzene rings is 1. The third kappa shape index (κ3) is 4.05. The van der Waals surface area contributed by atoms with Gasteiger partial charge in [-0.15, -0.1) is 0 Å². The van der Waals surface area contributed by atoms with E-state index in [4.69, 9.17) is 0 Å². The van der Waals surface area contributed by atoms with Crippen molar-refractivity contribution in [1.29, 1.82) is 0 Å². The van der Waals surface area contributed by atoms with E-state index in [1.165, 1.54) is 9.87 Å². The summed E-state index contributed by atoms with van der Waals surface area (Å²) in [5.41, 5.74) is 3.12. The molecule has 1 aromatic carbocycles. The minimum atomic E-state index is -3.49. The monoisotopic (exact) mass is 349 g/mol. The molecule has 0 aliphatic heterocycles. The number of rotatable bonds is 8. The van der Waals surface area contributed by atoms with Gasteiger partial charge in [0.25, 0.3) is 0 Å². The van der Waals surface area contributed by atoms with E-state index in [1.54, 1.807) is 25.4 Å². The average molecular weight is 350 g/mol. The molecule has 5 nitrogen and oxygen atoms in total. The van der Waals surface area contributed by atoms with Crippen molar-refractivity contribution in [2.75, 3.05) is 7.05 Å². The molecule has 0 fully saturated rings. The fourth-order valence-corrected chi connectivity index (χ4v) is 3.82. The predicted molar refractivity (Wildman–Crippen MR) is 96.3 cm³/mol. The summed E-state index contributed by atoms with van der Waals surface area (Å²) in [4.78, 5) is 0.339. The van der Waals surface area contributed by atoms with Gasteiger partial charge in [-0.05, 0) is 44.4 Å². The van der Waals surface area contributed by atoms with Gasteiger partial charge >= 0.3 is 0 Å². The molecule has 0 atom stereocenters. The van der Waals surface area contributed by atoms with Crippen molar-refractivity contribution in [1.82, 2.24) is 14.1 Å². The summed E-state index contributed by atoms with van der Waals surface area (Å²) in [6.45, 7) is 7.24. The Kier molecular flexibility index (Phi) is 6.18. The predicted octanol–water partition coefficient (Wildman–Crippen LogP) is 3.37. The van der Waals surface area contributed by atoms with Crippen LogP contribution >= 0.6 is 0 Å². The van der Waals surface area contributed by atoms with Gasteiger partial charge in [-0.25, -0.2) is 8.42 Å². The van der Waals surface area contributed by atoms with Gasteiger partial charge in [-0.2, -0.15) is 9.40 Å². The molecule has 132 valence electrons. The van der Waals surface area contributed by atoms with Crippen molar-refractivity contribution < 1.29 is 8.42 Å². The van der Waals surface area contributed by atoms with Crippen LogP contribution in [0.4, 0.5) is 0 Å². The lowest BCUT2D eigenvalue weighted by Gasteiger charge is -2.17. The smallest absolute Gasteiger partial charge is 0.243 e. The molecule has 0 spiro atoms. The maximum atomic E-state index is 12.7. The van der Waals surface area contributed by atoms with Gasteiger partial charge in [0.1, 0.15) is 0 Å². The Morgan fingerprint density at radius 3 is 2.38 bits per heavy atom. The fourth-order valence-electron chi connectivity index (χ4n) is 2.67. The molecule has 0 amide bonds. The van der Waals surface area contributed by atoms with Crippen molar-refractivity contribution >= 4 is 10.0 Å². The van der Waals surface area contributed by atoms with Gasteiger partial charge in [0.15, 0.2) is 0 Å². The molecule has 2 rings (SSSR count). The first-order valence-electron chi connectivity index (χ1n) is 8.46. The highest BCUT2D eigenvalue weighted by Gasteiger charge is 2.22. The molecule has 0 saturated carbocycles. The number of hydrogen-bond acceptors (Lipinski definition) is 3. The lowest BCUT2D eigenvalue weighted by Crippen LogP contribution is -2.26. The molecule has 0 bridgehead atoms. The van der Waals surface area contributed by atoms with Crippen LogP contribution in [0.1, 0.15) is 43.5 Å². The van der Waals surface area contributed by atoms with Gasteiger partial charge < -0.3 is 0 Å². The second-order valence-electron chi connectivity index (χ2n) is 6.08. The molecule has 0 aliphatic rings. The van der Waals surface area contributed by atoms with Crippen molar-refractivity contribution in [3.8, 4) is 0 Å². The van der Waals surface area contributed by atoms with Crippen molar-refractivity contribution in [2.24, 2.45) is 0 Å². The molecule has 0 aliphatic carbocycles. The molecule has 0 N–H and O–H groups in total. The molecule has 24 heavy (non-hydrogen) atoms. The summed E-state index contributed by atoms with van der Waals surface area (Å²) >= 11 is 0. The topological polar surface area (TPSA) is 55.2 Å². The Morgan fingerprint density at radius 1 is 1.17 bits per heavy atom. The van der Waals surface area contributed by atoms with Crippen LogP contribution in [-0.4, -0.2) is 29.6 Å². The number of hydrogen-bond donors (Lipinski definition) is 0. The summed E-state index contributed by atoms with van der Waals surface area (Å²) < 4.78 is 28.8. The third-order valence-electron chi connectivity index (χ3n) is 4.35. The molecular formula is C18H27N3O2S. The molecule has 0 saturated heterocycles. The zero-order valence-electron chi connectivity index (χ0n) is 15.0. The van der Waals surface area contributed by atoms with E-state index in [0.29, 0.717) is 11.4 Å². The molecule has 1 aromatic heterocycles. The first-order chi connectivity index (χ1) is 11.4. The van der Waals surface area contributed by atoms with E-state index in [0.717, 1.165) is 37.1 Å². The largest absolute Gasteiger partial charge is 0.270 e. The quantitative estimate of drug-likeness (QED) is 0.734. The maximum absolute atomic E-state index is 12.7. The van der Waals surface area contributed by atoms with Crippen LogP contribution in [0.3, 0.4) is 0 Å². The third-order valence-corrected chi connectivity index (χ3v) is 6.17. The highest BCUT2D eigenvalue weighted by molar-refractivity contribution is 7.89. The fraction of sp³-hybridized carbons (Fsp3) is 0.500. The van der Waals surface area contributed by atoms with Crippen LogP contribution in [0.5, 0.6) is 0 Å². The Balaban J connectivity index is 2.14. The number of aromatic nitrogens is 2.